The maximum Gasteiger partial charge on any atom is 0.0653 e. The maximum absolute atomic E-state index is 5.49. The van der Waals surface area contributed by atoms with E-state index in [1.807, 2.05) is 0 Å². The third-order valence-corrected chi connectivity index (χ3v) is 2.31. The summed E-state index contributed by atoms with van der Waals surface area (Å²) in [6, 6.07) is 0.426. The van der Waals surface area contributed by atoms with E-state index < -0.39 is 0 Å². The zero-order valence-electron chi connectivity index (χ0n) is 8.11. The minimum atomic E-state index is 0. The number of hydrogen-bond acceptors (Lipinski definition) is 4. The molecule has 1 fully saturated rings. The summed E-state index contributed by atoms with van der Waals surface area (Å²) in [7, 11) is 2.13. The molecular weight excluding hydrogens is 176 g/mol. The monoisotopic (exact) mass is 198 g/mol. The summed E-state index contributed by atoms with van der Waals surface area (Å²) < 4.78 is 0. The standard InChI is InChI=1S/C9H18N4.CH4/c1-13-4-2-9(3-5-13)12-7-8(11)6-10;/h6-7,9H,2-5,10-11H2,1H3;1H4/b8-6+,12-7?;. The Kier molecular flexibility index (Phi) is 5.95. The second-order valence-corrected chi connectivity index (χ2v) is 3.48. The zero-order chi connectivity index (χ0) is 9.68. The number of nitrogens with zero attached hydrogens (tertiary/aromatic N) is 2. The minimum Gasteiger partial charge on any atom is -0.403 e. The molecule has 1 aliphatic rings. The van der Waals surface area contributed by atoms with Crippen molar-refractivity contribution in [3.05, 3.63) is 11.9 Å². The third kappa shape index (κ3) is 4.28. The topological polar surface area (TPSA) is 67.6 Å². The van der Waals surface area contributed by atoms with Gasteiger partial charge in [0.2, 0.25) is 0 Å². The average Bonchev–Trinajstić information content (AvgIpc) is 2.16. The van der Waals surface area contributed by atoms with Crippen molar-refractivity contribution in [2.45, 2.75) is 26.3 Å². The van der Waals surface area contributed by atoms with Gasteiger partial charge in [-0.25, -0.2) is 0 Å². The summed E-state index contributed by atoms with van der Waals surface area (Å²) in [6.07, 6.45) is 5.27. The Morgan fingerprint density at radius 3 is 2.50 bits per heavy atom. The van der Waals surface area contributed by atoms with Crippen LogP contribution in [-0.4, -0.2) is 37.3 Å². The van der Waals surface area contributed by atoms with Crippen molar-refractivity contribution in [3.63, 3.8) is 0 Å². The highest BCUT2D eigenvalue weighted by atomic mass is 15.1. The molecule has 0 aromatic rings. The number of likely N-dealkylation sites (tertiary alicyclic amines) is 1. The molecule has 0 spiro atoms. The van der Waals surface area contributed by atoms with Crippen LogP contribution in [0.25, 0.3) is 0 Å². The highest BCUT2D eigenvalue weighted by Crippen LogP contribution is 2.11. The molecule has 0 unspecified atom stereocenters. The normalized spacial score (nSPS) is 21.1. The molecule has 4 heteroatoms. The first-order valence-corrected chi connectivity index (χ1v) is 4.61. The summed E-state index contributed by atoms with van der Waals surface area (Å²) >= 11 is 0. The van der Waals surface area contributed by atoms with Gasteiger partial charge in [-0.05, 0) is 33.0 Å². The lowest BCUT2D eigenvalue weighted by Gasteiger charge is -2.26. The van der Waals surface area contributed by atoms with Gasteiger partial charge in [0.15, 0.2) is 0 Å². The number of allylic oxidation sites excluding steroid dienone is 1. The molecule has 1 aliphatic heterocycles. The van der Waals surface area contributed by atoms with Crippen molar-refractivity contribution in [2.24, 2.45) is 16.5 Å². The van der Waals surface area contributed by atoms with Crippen molar-refractivity contribution >= 4 is 6.21 Å². The highest BCUT2D eigenvalue weighted by Gasteiger charge is 2.14. The first-order chi connectivity index (χ1) is 6.22. The van der Waals surface area contributed by atoms with E-state index in [0.717, 1.165) is 25.9 Å². The summed E-state index contributed by atoms with van der Waals surface area (Å²) in [5.74, 6) is 0. The van der Waals surface area contributed by atoms with E-state index in [9.17, 15) is 0 Å². The van der Waals surface area contributed by atoms with Crippen molar-refractivity contribution < 1.29 is 0 Å². The fourth-order valence-corrected chi connectivity index (χ4v) is 1.38. The van der Waals surface area contributed by atoms with Gasteiger partial charge in [-0.15, -0.1) is 0 Å². The van der Waals surface area contributed by atoms with Crippen molar-refractivity contribution in [3.8, 4) is 0 Å². The van der Waals surface area contributed by atoms with E-state index in [2.05, 4.69) is 16.9 Å². The lowest BCUT2D eigenvalue weighted by molar-refractivity contribution is 0.257. The van der Waals surface area contributed by atoms with Gasteiger partial charge in [0.1, 0.15) is 0 Å². The van der Waals surface area contributed by atoms with Crippen molar-refractivity contribution in [2.75, 3.05) is 20.1 Å². The second kappa shape index (κ2) is 6.43. The van der Waals surface area contributed by atoms with Gasteiger partial charge in [-0.1, -0.05) is 7.43 Å². The Balaban J connectivity index is 0.00000169. The molecule has 4 nitrogen and oxygen atoms in total. The van der Waals surface area contributed by atoms with Gasteiger partial charge < -0.3 is 16.4 Å². The van der Waals surface area contributed by atoms with Gasteiger partial charge in [0, 0.05) is 12.4 Å². The molecule has 0 atom stereocenters. The molecule has 1 heterocycles. The van der Waals surface area contributed by atoms with Crippen LogP contribution in [0.1, 0.15) is 20.3 Å². The molecule has 0 radical (unpaired) electrons. The SMILES string of the molecule is C.CN1CCC(N=C/C(N)=C\N)CC1. The van der Waals surface area contributed by atoms with Crippen LogP contribution >= 0.6 is 0 Å². The lowest BCUT2D eigenvalue weighted by Crippen LogP contribution is -2.32. The first-order valence-electron chi connectivity index (χ1n) is 4.61. The quantitative estimate of drug-likeness (QED) is 0.637. The van der Waals surface area contributed by atoms with Crippen LogP contribution in [0.2, 0.25) is 0 Å². The van der Waals surface area contributed by atoms with Crippen LogP contribution in [0.4, 0.5) is 0 Å². The smallest absolute Gasteiger partial charge is 0.0653 e. The molecule has 1 rings (SSSR count). The number of piperidine rings is 1. The van der Waals surface area contributed by atoms with Gasteiger partial charge in [0.25, 0.3) is 0 Å². The molecule has 0 amide bonds. The Labute approximate surface area is 86.7 Å². The number of hydrogen-bond donors (Lipinski definition) is 2. The van der Waals surface area contributed by atoms with Gasteiger partial charge >= 0.3 is 0 Å². The Morgan fingerprint density at radius 2 is 2.00 bits per heavy atom. The van der Waals surface area contributed by atoms with E-state index in [1.165, 1.54) is 6.20 Å². The van der Waals surface area contributed by atoms with Crippen LogP contribution < -0.4 is 11.5 Å². The fraction of sp³-hybridized carbons (Fsp3) is 0.700. The van der Waals surface area contributed by atoms with Crippen LogP contribution in [0.15, 0.2) is 16.9 Å². The predicted octanol–water partition coefficient (Wildman–Crippen LogP) is 0.546. The van der Waals surface area contributed by atoms with E-state index in [4.69, 9.17) is 11.5 Å². The van der Waals surface area contributed by atoms with Crippen LogP contribution in [0.5, 0.6) is 0 Å². The molecular formula is C10H22N4. The molecule has 0 saturated carbocycles. The van der Waals surface area contributed by atoms with Crippen LogP contribution in [0.3, 0.4) is 0 Å². The van der Waals surface area contributed by atoms with Crippen molar-refractivity contribution in [1.29, 1.82) is 0 Å². The van der Waals surface area contributed by atoms with E-state index in [0.29, 0.717) is 11.7 Å². The Morgan fingerprint density at radius 1 is 1.43 bits per heavy atom. The summed E-state index contributed by atoms with van der Waals surface area (Å²) in [5, 5.41) is 0. The summed E-state index contributed by atoms with van der Waals surface area (Å²) in [6.45, 7) is 2.24. The molecule has 1 saturated heterocycles. The molecule has 82 valence electrons. The first kappa shape index (κ1) is 13.0. The van der Waals surface area contributed by atoms with E-state index in [-0.39, 0.29) is 7.43 Å². The molecule has 0 aromatic heterocycles. The Hall–Kier alpha value is -1.03. The summed E-state index contributed by atoms with van der Waals surface area (Å²) in [4.78, 5) is 6.68. The minimum absolute atomic E-state index is 0. The molecule has 4 N–H and O–H groups in total. The van der Waals surface area contributed by atoms with Crippen molar-refractivity contribution in [1.82, 2.24) is 4.90 Å². The molecule has 0 bridgehead atoms. The fourth-order valence-electron chi connectivity index (χ4n) is 1.38. The van der Waals surface area contributed by atoms with Crippen LogP contribution in [-0.2, 0) is 0 Å². The van der Waals surface area contributed by atoms with E-state index >= 15 is 0 Å². The Bertz CT molecular complexity index is 202. The largest absolute Gasteiger partial charge is 0.403 e. The molecule has 0 aromatic carbocycles. The third-order valence-electron chi connectivity index (χ3n) is 2.31. The summed E-state index contributed by atoms with van der Waals surface area (Å²) in [5.41, 5.74) is 11.3. The lowest BCUT2D eigenvalue weighted by atomic mass is 10.1. The molecule has 0 aliphatic carbocycles. The van der Waals surface area contributed by atoms with Gasteiger partial charge in [-0.3, -0.25) is 4.99 Å². The highest BCUT2D eigenvalue weighted by molar-refractivity contribution is 5.77. The van der Waals surface area contributed by atoms with Crippen LogP contribution in [0, 0.1) is 0 Å². The predicted molar refractivity (Wildman–Crippen MR) is 62.2 cm³/mol. The van der Waals surface area contributed by atoms with E-state index in [1.54, 1.807) is 6.21 Å². The second-order valence-electron chi connectivity index (χ2n) is 3.48. The average molecular weight is 198 g/mol. The molecule has 14 heavy (non-hydrogen) atoms. The zero-order valence-corrected chi connectivity index (χ0v) is 8.11. The maximum atomic E-state index is 5.49. The number of rotatable bonds is 2. The van der Waals surface area contributed by atoms with Gasteiger partial charge in [0.05, 0.1) is 11.7 Å². The van der Waals surface area contributed by atoms with Gasteiger partial charge in [-0.2, -0.15) is 0 Å². The number of aliphatic imine (C=N–C) groups is 1. The number of nitrogens with two attached hydrogens (primary N) is 2.